The van der Waals surface area contributed by atoms with Gasteiger partial charge in [0.2, 0.25) is 11.8 Å². The number of anilines is 4. The quantitative estimate of drug-likeness (QED) is 0.238. The highest BCUT2D eigenvalue weighted by atomic mass is 16.3. The van der Waals surface area contributed by atoms with E-state index in [1.165, 1.54) is 12.5 Å². The number of rotatable bonds is 10. The van der Waals surface area contributed by atoms with E-state index in [-0.39, 0.29) is 36.2 Å². The molecule has 2 aromatic heterocycles. The molecule has 4 aromatic rings. The fourth-order valence-corrected chi connectivity index (χ4v) is 3.41. The van der Waals surface area contributed by atoms with Crippen LogP contribution < -0.4 is 21.3 Å². The zero-order chi connectivity index (χ0) is 26.0. The minimum Gasteiger partial charge on any atom is -0.459 e. The first-order valence-corrected chi connectivity index (χ1v) is 11.5. The van der Waals surface area contributed by atoms with Crippen molar-refractivity contribution in [3.05, 3.63) is 96.8 Å². The van der Waals surface area contributed by atoms with Gasteiger partial charge in [-0.05, 0) is 67.1 Å². The van der Waals surface area contributed by atoms with Crippen LogP contribution in [0.15, 0.2) is 94.2 Å². The maximum Gasteiger partial charge on any atom is 0.291 e. The SMILES string of the molecule is O=C(CCCC(=O)Nc1cccc(NC(=O)c2ccco2)c1)Nc1cccc(NC(=O)c2ccco2)c1. The van der Waals surface area contributed by atoms with Crippen LogP contribution in [0, 0.1) is 0 Å². The van der Waals surface area contributed by atoms with E-state index in [0.29, 0.717) is 29.2 Å². The second-order valence-electron chi connectivity index (χ2n) is 7.97. The summed E-state index contributed by atoms with van der Waals surface area (Å²) in [5, 5.41) is 10.9. The average molecular weight is 501 g/mol. The Balaban J connectivity index is 1.20. The van der Waals surface area contributed by atoms with E-state index in [2.05, 4.69) is 21.3 Å². The summed E-state index contributed by atoms with van der Waals surface area (Å²) in [6, 6.07) is 19.8. The molecule has 0 fully saturated rings. The predicted molar refractivity (Wildman–Crippen MR) is 137 cm³/mol. The van der Waals surface area contributed by atoms with E-state index in [9.17, 15) is 19.2 Å². The van der Waals surface area contributed by atoms with Crippen LogP contribution >= 0.6 is 0 Å². The highest BCUT2D eigenvalue weighted by molar-refractivity contribution is 6.03. The van der Waals surface area contributed by atoms with Crippen LogP contribution in [0.1, 0.15) is 40.4 Å². The van der Waals surface area contributed by atoms with Crippen molar-refractivity contribution in [3.8, 4) is 0 Å². The molecule has 0 atom stereocenters. The molecule has 0 unspecified atom stereocenters. The molecule has 0 spiro atoms. The Hall–Kier alpha value is -5.12. The van der Waals surface area contributed by atoms with Crippen LogP contribution in [0.5, 0.6) is 0 Å². The van der Waals surface area contributed by atoms with E-state index in [0.717, 1.165) is 0 Å². The van der Waals surface area contributed by atoms with Gasteiger partial charge < -0.3 is 30.1 Å². The van der Waals surface area contributed by atoms with Gasteiger partial charge >= 0.3 is 0 Å². The van der Waals surface area contributed by atoms with Crippen molar-refractivity contribution in [3.63, 3.8) is 0 Å². The molecule has 0 radical (unpaired) electrons. The second-order valence-corrected chi connectivity index (χ2v) is 7.97. The summed E-state index contributed by atoms with van der Waals surface area (Å²) in [5.74, 6) is -0.958. The van der Waals surface area contributed by atoms with Gasteiger partial charge in [-0.3, -0.25) is 19.2 Å². The van der Waals surface area contributed by atoms with E-state index in [4.69, 9.17) is 8.83 Å². The Labute approximate surface area is 212 Å². The first-order valence-electron chi connectivity index (χ1n) is 11.5. The monoisotopic (exact) mass is 500 g/mol. The zero-order valence-corrected chi connectivity index (χ0v) is 19.7. The summed E-state index contributed by atoms with van der Waals surface area (Å²) in [5.41, 5.74) is 2.03. The molecule has 4 rings (SSSR count). The van der Waals surface area contributed by atoms with Crippen LogP contribution in [0.25, 0.3) is 0 Å². The minimum absolute atomic E-state index is 0.135. The molecule has 2 aromatic carbocycles. The van der Waals surface area contributed by atoms with Gasteiger partial charge in [-0.15, -0.1) is 0 Å². The Kier molecular flexibility index (Phi) is 8.12. The normalized spacial score (nSPS) is 10.4. The fraction of sp³-hybridized carbons (Fsp3) is 0.111. The van der Waals surface area contributed by atoms with Gasteiger partial charge in [0, 0.05) is 35.6 Å². The van der Waals surface area contributed by atoms with Gasteiger partial charge in [-0.25, -0.2) is 0 Å². The van der Waals surface area contributed by atoms with Gasteiger partial charge in [0.25, 0.3) is 11.8 Å². The Morgan fingerprint density at radius 2 is 0.946 bits per heavy atom. The molecule has 4 amide bonds. The van der Waals surface area contributed by atoms with Crippen molar-refractivity contribution >= 4 is 46.4 Å². The predicted octanol–water partition coefficient (Wildman–Crippen LogP) is 5.12. The Morgan fingerprint density at radius 1 is 0.541 bits per heavy atom. The molecule has 37 heavy (non-hydrogen) atoms. The number of hydrogen-bond acceptors (Lipinski definition) is 6. The van der Waals surface area contributed by atoms with Gasteiger partial charge in [-0.1, -0.05) is 12.1 Å². The van der Waals surface area contributed by atoms with Crippen LogP contribution in [0.4, 0.5) is 22.7 Å². The fourth-order valence-electron chi connectivity index (χ4n) is 3.41. The summed E-state index contributed by atoms with van der Waals surface area (Å²) in [4.78, 5) is 48.9. The molecule has 0 aliphatic carbocycles. The van der Waals surface area contributed by atoms with Crippen molar-refractivity contribution in [2.75, 3.05) is 21.3 Å². The molecule has 10 heteroatoms. The Morgan fingerprint density at radius 3 is 1.32 bits per heavy atom. The Bertz CT molecular complexity index is 1270. The van der Waals surface area contributed by atoms with Gasteiger partial charge in [0.05, 0.1) is 12.5 Å². The molecular formula is C27H24N4O6. The third kappa shape index (κ3) is 7.43. The maximum absolute atomic E-state index is 12.3. The molecule has 10 nitrogen and oxygen atoms in total. The standard InChI is InChI=1S/C27H24N4O6/c32-24(28-18-6-1-8-20(16-18)30-26(34)22-10-4-14-36-22)12-3-13-25(33)29-19-7-2-9-21(17-19)31-27(35)23-11-5-15-37-23/h1-2,4-11,14-17H,3,12-13H2,(H,28,32)(H,29,33)(H,30,34)(H,31,35). The molecule has 0 aliphatic heterocycles. The van der Waals surface area contributed by atoms with Crippen molar-refractivity contribution in [2.45, 2.75) is 19.3 Å². The molecule has 188 valence electrons. The van der Waals surface area contributed by atoms with Crippen molar-refractivity contribution in [1.29, 1.82) is 0 Å². The molecule has 0 bridgehead atoms. The van der Waals surface area contributed by atoms with E-state index >= 15 is 0 Å². The molecule has 4 N–H and O–H groups in total. The summed E-state index contributed by atoms with van der Waals surface area (Å²) in [7, 11) is 0. The van der Waals surface area contributed by atoms with Gasteiger partial charge in [-0.2, -0.15) is 0 Å². The number of hydrogen-bond donors (Lipinski definition) is 4. The van der Waals surface area contributed by atoms with E-state index in [1.54, 1.807) is 72.8 Å². The summed E-state index contributed by atoms with van der Waals surface area (Å²) < 4.78 is 10.1. The maximum atomic E-state index is 12.3. The van der Waals surface area contributed by atoms with Gasteiger partial charge in [0.15, 0.2) is 11.5 Å². The van der Waals surface area contributed by atoms with Crippen molar-refractivity contribution in [2.24, 2.45) is 0 Å². The third-order valence-corrected chi connectivity index (χ3v) is 5.11. The largest absolute Gasteiger partial charge is 0.459 e. The van der Waals surface area contributed by atoms with Gasteiger partial charge in [0.1, 0.15) is 0 Å². The number of benzene rings is 2. The lowest BCUT2D eigenvalue weighted by Gasteiger charge is -2.09. The molecule has 0 saturated heterocycles. The lowest BCUT2D eigenvalue weighted by atomic mass is 10.2. The van der Waals surface area contributed by atoms with Crippen molar-refractivity contribution in [1.82, 2.24) is 0 Å². The van der Waals surface area contributed by atoms with Crippen molar-refractivity contribution < 1.29 is 28.0 Å². The molecule has 2 heterocycles. The molecule has 0 saturated carbocycles. The number of amides is 4. The lowest BCUT2D eigenvalue weighted by molar-refractivity contribution is -0.117. The summed E-state index contributed by atoms with van der Waals surface area (Å²) >= 11 is 0. The smallest absolute Gasteiger partial charge is 0.291 e. The highest BCUT2D eigenvalue weighted by Gasteiger charge is 2.12. The second kappa shape index (κ2) is 12.0. The zero-order valence-electron chi connectivity index (χ0n) is 19.7. The summed E-state index contributed by atoms with van der Waals surface area (Å²) in [6.07, 6.45) is 3.42. The lowest BCUT2D eigenvalue weighted by Crippen LogP contribution is -2.15. The first kappa shape index (κ1) is 25.0. The number of nitrogens with one attached hydrogen (secondary N) is 4. The van der Waals surface area contributed by atoms with Crippen LogP contribution in [-0.2, 0) is 9.59 Å². The van der Waals surface area contributed by atoms with E-state index in [1.807, 2.05) is 0 Å². The number of furan rings is 2. The van der Waals surface area contributed by atoms with Crippen LogP contribution in [0.3, 0.4) is 0 Å². The topological polar surface area (TPSA) is 143 Å². The van der Waals surface area contributed by atoms with Crippen LogP contribution in [0.2, 0.25) is 0 Å². The highest BCUT2D eigenvalue weighted by Crippen LogP contribution is 2.18. The molecular weight excluding hydrogens is 476 g/mol. The first-order chi connectivity index (χ1) is 18.0. The summed E-state index contributed by atoms with van der Waals surface area (Å²) in [6.45, 7) is 0. The minimum atomic E-state index is -0.398. The average Bonchev–Trinajstić information content (AvgIpc) is 3.59. The number of carbonyl (C=O) groups is 4. The molecule has 0 aliphatic rings. The third-order valence-electron chi connectivity index (χ3n) is 5.11. The van der Waals surface area contributed by atoms with Crippen LogP contribution in [-0.4, -0.2) is 23.6 Å². The number of carbonyl (C=O) groups excluding carboxylic acids is 4. The van der Waals surface area contributed by atoms with E-state index < -0.39 is 11.8 Å².